The Bertz CT molecular complexity index is 180. The average molecular weight is 148 g/mol. The Morgan fingerprint density at radius 3 is 2.00 bits per heavy atom. The van der Waals surface area contributed by atoms with Crippen LogP contribution in [0.15, 0.2) is 43.0 Å². The van der Waals surface area contributed by atoms with Crippen molar-refractivity contribution in [3.05, 3.63) is 43.0 Å². The molecule has 1 N–H and O–H groups in total. The molecule has 2 rings (SSSR count). The van der Waals surface area contributed by atoms with Gasteiger partial charge in [0.2, 0.25) is 0 Å². The van der Waals surface area contributed by atoms with Gasteiger partial charge in [0, 0.05) is 12.4 Å². The van der Waals surface area contributed by atoms with E-state index < -0.39 is 0 Å². The zero-order valence-electron chi connectivity index (χ0n) is 6.40. The summed E-state index contributed by atoms with van der Waals surface area (Å²) in [6, 6.07) is 0. The van der Waals surface area contributed by atoms with Crippen LogP contribution in [0.25, 0.3) is 0 Å². The largest absolute Gasteiger partial charge is 0.351 e. The molecular formula is C9H12N2. The second-order valence-corrected chi connectivity index (χ2v) is 2.19. The first kappa shape index (κ1) is 7.79. The van der Waals surface area contributed by atoms with Crippen LogP contribution in [0.1, 0.15) is 12.8 Å². The fraction of sp³-hybridized carbons (Fsp3) is 0.222. The Kier molecular flexibility index (Phi) is 3.88. The van der Waals surface area contributed by atoms with E-state index in [4.69, 9.17) is 0 Å². The molecule has 0 saturated carbocycles. The maximum Gasteiger partial charge on any atom is 0.0919 e. The van der Waals surface area contributed by atoms with Crippen molar-refractivity contribution in [2.75, 3.05) is 0 Å². The van der Waals surface area contributed by atoms with E-state index in [0.29, 0.717) is 0 Å². The molecule has 0 unspecified atom stereocenters. The second kappa shape index (κ2) is 5.47. The van der Waals surface area contributed by atoms with Gasteiger partial charge in [-0.1, -0.05) is 24.3 Å². The number of rotatable bonds is 0. The third-order valence-electron chi connectivity index (χ3n) is 1.29. The van der Waals surface area contributed by atoms with Crippen LogP contribution >= 0.6 is 0 Å². The lowest BCUT2D eigenvalue weighted by molar-refractivity contribution is 1.04. The number of aromatic amines is 1. The summed E-state index contributed by atoms with van der Waals surface area (Å²) >= 11 is 0. The third-order valence-corrected chi connectivity index (χ3v) is 1.29. The van der Waals surface area contributed by atoms with E-state index in [9.17, 15) is 0 Å². The first-order chi connectivity index (χ1) is 5.50. The van der Waals surface area contributed by atoms with E-state index >= 15 is 0 Å². The number of nitrogens with one attached hydrogen (secondary N) is 1. The van der Waals surface area contributed by atoms with Crippen LogP contribution in [0, 0.1) is 0 Å². The molecule has 0 spiro atoms. The van der Waals surface area contributed by atoms with E-state index in [1.165, 1.54) is 12.8 Å². The monoisotopic (exact) mass is 148 g/mol. The number of nitrogens with zero attached hydrogens (tertiary/aromatic N) is 1. The average Bonchev–Trinajstić information content (AvgIpc) is 2.64. The Labute approximate surface area is 66.7 Å². The van der Waals surface area contributed by atoms with E-state index in [0.717, 1.165) is 0 Å². The maximum atomic E-state index is 3.67. The van der Waals surface area contributed by atoms with Crippen LogP contribution < -0.4 is 0 Å². The zero-order valence-corrected chi connectivity index (χ0v) is 6.40. The van der Waals surface area contributed by atoms with Crippen LogP contribution in [-0.2, 0) is 0 Å². The van der Waals surface area contributed by atoms with Crippen molar-refractivity contribution in [3.63, 3.8) is 0 Å². The highest BCUT2D eigenvalue weighted by molar-refractivity contribution is 5.07. The Morgan fingerprint density at radius 1 is 1.09 bits per heavy atom. The smallest absolute Gasteiger partial charge is 0.0919 e. The van der Waals surface area contributed by atoms with Gasteiger partial charge in [-0.05, 0) is 12.8 Å². The number of H-pyrrole nitrogens is 1. The molecule has 2 nitrogen and oxygen atoms in total. The Morgan fingerprint density at radius 2 is 1.82 bits per heavy atom. The summed E-state index contributed by atoms with van der Waals surface area (Å²) in [6.07, 6.45) is 16.1. The summed E-state index contributed by atoms with van der Waals surface area (Å²) in [5.41, 5.74) is 0. The first-order valence-electron chi connectivity index (χ1n) is 3.74. The fourth-order valence-electron chi connectivity index (χ4n) is 0.757. The molecule has 1 aromatic rings. The zero-order chi connectivity index (χ0) is 7.78. The lowest BCUT2D eigenvalue weighted by Crippen LogP contribution is -1.67. The van der Waals surface area contributed by atoms with Crippen molar-refractivity contribution in [3.8, 4) is 0 Å². The molecule has 1 aliphatic rings. The molecule has 11 heavy (non-hydrogen) atoms. The highest BCUT2D eigenvalue weighted by atomic mass is 14.8. The van der Waals surface area contributed by atoms with Gasteiger partial charge in [-0.25, -0.2) is 4.98 Å². The minimum absolute atomic E-state index is 1.23. The van der Waals surface area contributed by atoms with Crippen molar-refractivity contribution >= 4 is 0 Å². The Balaban J connectivity index is 0.000000112. The molecule has 0 atom stereocenters. The van der Waals surface area contributed by atoms with Crippen LogP contribution in [0.3, 0.4) is 0 Å². The molecule has 0 bridgehead atoms. The van der Waals surface area contributed by atoms with Crippen LogP contribution in [0.2, 0.25) is 0 Å². The lowest BCUT2D eigenvalue weighted by atomic mass is 10.2. The van der Waals surface area contributed by atoms with Crippen molar-refractivity contribution in [1.82, 2.24) is 9.97 Å². The third kappa shape index (κ3) is 4.14. The van der Waals surface area contributed by atoms with Gasteiger partial charge >= 0.3 is 0 Å². The molecule has 1 aliphatic carbocycles. The van der Waals surface area contributed by atoms with Gasteiger partial charge in [0.05, 0.1) is 6.33 Å². The molecule has 0 saturated heterocycles. The molecule has 2 heteroatoms. The SMILES string of the molecule is C1=CCCC=C1.c1c[nH]cn1. The van der Waals surface area contributed by atoms with Gasteiger partial charge in [-0.15, -0.1) is 0 Å². The standard InChI is InChI=1S/C6H8.C3H4N2/c1-2-4-6-5-3-1;1-2-5-3-4-1/h1-4H,5-6H2;1-3H,(H,4,5). The minimum atomic E-state index is 1.23. The highest BCUT2D eigenvalue weighted by Gasteiger charge is 1.77. The molecule has 0 radical (unpaired) electrons. The van der Waals surface area contributed by atoms with Gasteiger partial charge in [-0.3, -0.25) is 0 Å². The van der Waals surface area contributed by atoms with E-state index in [2.05, 4.69) is 34.3 Å². The predicted octanol–water partition coefficient (Wildman–Crippen LogP) is 2.30. The van der Waals surface area contributed by atoms with Gasteiger partial charge in [0.1, 0.15) is 0 Å². The summed E-state index contributed by atoms with van der Waals surface area (Å²) in [4.78, 5) is 6.42. The first-order valence-corrected chi connectivity index (χ1v) is 3.74. The molecular weight excluding hydrogens is 136 g/mol. The lowest BCUT2D eigenvalue weighted by Gasteiger charge is -1.88. The number of imidazole rings is 1. The molecule has 0 aromatic carbocycles. The van der Waals surface area contributed by atoms with Gasteiger partial charge in [-0.2, -0.15) is 0 Å². The summed E-state index contributed by atoms with van der Waals surface area (Å²) < 4.78 is 0. The summed E-state index contributed by atoms with van der Waals surface area (Å²) in [5.74, 6) is 0. The van der Waals surface area contributed by atoms with Crippen molar-refractivity contribution in [2.24, 2.45) is 0 Å². The van der Waals surface area contributed by atoms with Crippen molar-refractivity contribution in [2.45, 2.75) is 12.8 Å². The maximum absolute atomic E-state index is 3.67. The molecule has 58 valence electrons. The molecule has 0 amide bonds. The second-order valence-electron chi connectivity index (χ2n) is 2.19. The molecule has 1 heterocycles. The van der Waals surface area contributed by atoms with Crippen LogP contribution in [0.5, 0.6) is 0 Å². The van der Waals surface area contributed by atoms with Crippen molar-refractivity contribution in [1.29, 1.82) is 0 Å². The predicted molar refractivity (Wildman–Crippen MR) is 46.1 cm³/mol. The number of hydrogen-bond acceptors (Lipinski definition) is 1. The summed E-state index contributed by atoms with van der Waals surface area (Å²) in [5, 5.41) is 0. The number of aromatic nitrogens is 2. The van der Waals surface area contributed by atoms with Gasteiger partial charge in [0.25, 0.3) is 0 Å². The Hall–Kier alpha value is -1.31. The summed E-state index contributed by atoms with van der Waals surface area (Å²) in [6.45, 7) is 0. The van der Waals surface area contributed by atoms with E-state index in [-0.39, 0.29) is 0 Å². The minimum Gasteiger partial charge on any atom is -0.351 e. The van der Waals surface area contributed by atoms with E-state index in [1.807, 2.05) is 0 Å². The normalized spacial score (nSPS) is 13.8. The number of allylic oxidation sites excluding steroid dienone is 4. The fourth-order valence-corrected chi connectivity index (χ4v) is 0.757. The van der Waals surface area contributed by atoms with Crippen LogP contribution in [0.4, 0.5) is 0 Å². The summed E-state index contributed by atoms with van der Waals surface area (Å²) in [7, 11) is 0. The molecule has 0 fully saturated rings. The van der Waals surface area contributed by atoms with Crippen LogP contribution in [-0.4, -0.2) is 9.97 Å². The molecule has 1 aromatic heterocycles. The van der Waals surface area contributed by atoms with Gasteiger partial charge < -0.3 is 4.98 Å². The highest BCUT2D eigenvalue weighted by Crippen LogP contribution is 1.98. The molecule has 0 aliphatic heterocycles. The number of hydrogen-bond donors (Lipinski definition) is 1. The van der Waals surface area contributed by atoms with Gasteiger partial charge in [0.15, 0.2) is 0 Å². The topological polar surface area (TPSA) is 28.7 Å². The van der Waals surface area contributed by atoms with E-state index in [1.54, 1.807) is 18.7 Å². The van der Waals surface area contributed by atoms with Crippen molar-refractivity contribution < 1.29 is 0 Å². The quantitative estimate of drug-likeness (QED) is 0.601.